The topological polar surface area (TPSA) is 15.3 Å². The van der Waals surface area contributed by atoms with Crippen molar-refractivity contribution in [2.24, 2.45) is 5.41 Å². The van der Waals surface area contributed by atoms with Crippen molar-refractivity contribution in [3.8, 4) is 0 Å². The number of hydrogen-bond donors (Lipinski definition) is 1. The highest BCUT2D eigenvalue weighted by Crippen LogP contribution is 2.38. The second-order valence-electron chi connectivity index (χ2n) is 7.02. The zero-order valence-corrected chi connectivity index (χ0v) is 13.1. The molecule has 2 aliphatic rings. The third kappa shape index (κ3) is 3.76. The zero-order chi connectivity index (χ0) is 14.7. The highest BCUT2D eigenvalue weighted by Gasteiger charge is 2.35. The first-order valence-corrected chi connectivity index (χ1v) is 8.38. The lowest BCUT2D eigenvalue weighted by Gasteiger charge is -2.41. The van der Waals surface area contributed by atoms with E-state index in [4.69, 9.17) is 0 Å². The molecule has 2 nitrogen and oxygen atoms in total. The van der Waals surface area contributed by atoms with Crippen LogP contribution in [0.2, 0.25) is 0 Å². The molecule has 116 valence electrons. The molecular formula is C18H27FN2. The number of anilines is 1. The molecule has 1 N–H and O–H groups in total. The fourth-order valence-corrected chi connectivity index (χ4v) is 3.69. The van der Waals surface area contributed by atoms with E-state index in [1.165, 1.54) is 44.9 Å². The highest BCUT2D eigenvalue weighted by atomic mass is 19.1. The predicted molar refractivity (Wildman–Crippen MR) is 86.2 cm³/mol. The van der Waals surface area contributed by atoms with Gasteiger partial charge in [0, 0.05) is 31.6 Å². The van der Waals surface area contributed by atoms with E-state index in [0.29, 0.717) is 5.41 Å². The molecule has 0 radical (unpaired) electrons. The van der Waals surface area contributed by atoms with Crippen molar-refractivity contribution >= 4 is 5.69 Å². The molecule has 0 atom stereocenters. The van der Waals surface area contributed by atoms with Crippen molar-refractivity contribution in [1.82, 2.24) is 5.32 Å². The van der Waals surface area contributed by atoms with E-state index in [1.807, 2.05) is 19.2 Å². The minimum absolute atomic E-state index is 0.110. The largest absolute Gasteiger partial charge is 0.372 e. The average Bonchev–Trinajstić information content (AvgIpc) is 3.31. The zero-order valence-electron chi connectivity index (χ0n) is 13.1. The van der Waals surface area contributed by atoms with Crippen LogP contribution in [0.3, 0.4) is 0 Å². The van der Waals surface area contributed by atoms with Crippen LogP contribution in [0.15, 0.2) is 24.3 Å². The minimum atomic E-state index is -0.110. The Hall–Kier alpha value is -1.09. The van der Waals surface area contributed by atoms with Gasteiger partial charge in [-0.1, -0.05) is 31.4 Å². The number of hydrogen-bond acceptors (Lipinski definition) is 2. The van der Waals surface area contributed by atoms with Crippen molar-refractivity contribution in [3.63, 3.8) is 0 Å². The van der Waals surface area contributed by atoms with E-state index in [9.17, 15) is 4.39 Å². The summed E-state index contributed by atoms with van der Waals surface area (Å²) in [6.45, 7) is 2.05. The summed E-state index contributed by atoms with van der Waals surface area (Å²) in [4.78, 5) is 2.12. The van der Waals surface area contributed by atoms with Gasteiger partial charge in [-0.2, -0.15) is 0 Å². The van der Waals surface area contributed by atoms with Crippen LogP contribution in [-0.4, -0.2) is 26.2 Å². The van der Waals surface area contributed by atoms with Gasteiger partial charge in [0.2, 0.25) is 0 Å². The molecule has 0 amide bonds. The molecule has 2 aliphatic carbocycles. The van der Waals surface area contributed by atoms with E-state index >= 15 is 0 Å². The maximum atomic E-state index is 14.0. The summed E-state index contributed by atoms with van der Waals surface area (Å²) in [6, 6.07) is 7.88. The van der Waals surface area contributed by atoms with Crippen LogP contribution in [0.5, 0.6) is 0 Å². The molecule has 1 aromatic rings. The van der Waals surface area contributed by atoms with Crippen molar-refractivity contribution in [1.29, 1.82) is 0 Å². The second-order valence-corrected chi connectivity index (χ2v) is 7.02. The predicted octanol–water partition coefficient (Wildman–Crippen LogP) is 3.96. The number of halogens is 1. The van der Waals surface area contributed by atoms with Crippen molar-refractivity contribution in [2.75, 3.05) is 25.0 Å². The van der Waals surface area contributed by atoms with Gasteiger partial charge in [0.15, 0.2) is 0 Å². The van der Waals surface area contributed by atoms with Gasteiger partial charge in [-0.15, -0.1) is 0 Å². The number of rotatable bonds is 6. The van der Waals surface area contributed by atoms with Crippen LogP contribution in [0.4, 0.5) is 10.1 Å². The molecule has 21 heavy (non-hydrogen) atoms. The van der Waals surface area contributed by atoms with Crippen LogP contribution >= 0.6 is 0 Å². The maximum absolute atomic E-state index is 14.0. The number of nitrogens with zero attached hydrogens (tertiary/aromatic N) is 1. The van der Waals surface area contributed by atoms with Gasteiger partial charge < -0.3 is 10.2 Å². The summed E-state index contributed by atoms with van der Waals surface area (Å²) in [7, 11) is 2.03. The quantitative estimate of drug-likeness (QED) is 0.853. The molecule has 2 saturated carbocycles. The van der Waals surface area contributed by atoms with Gasteiger partial charge in [0.25, 0.3) is 0 Å². The summed E-state index contributed by atoms with van der Waals surface area (Å²) >= 11 is 0. The van der Waals surface area contributed by atoms with Crippen molar-refractivity contribution in [2.45, 2.75) is 51.0 Å². The summed E-state index contributed by atoms with van der Waals surface area (Å²) in [5, 5.41) is 3.72. The normalized spacial score (nSPS) is 21.2. The molecule has 0 aliphatic heterocycles. The third-order valence-corrected chi connectivity index (χ3v) is 5.09. The first-order chi connectivity index (χ1) is 10.2. The number of nitrogens with one attached hydrogen (secondary N) is 1. The number of para-hydroxylation sites is 1. The lowest BCUT2D eigenvalue weighted by Crippen LogP contribution is -2.45. The summed E-state index contributed by atoms with van der Waals surface area (Å²) in [5.74, 6) is -0.110. The van der Waals surface area contributed by atoms with Crippen LogP contribution in [0.1, 0.15) is 44.9 Å². The van der Waals surface area contributed by atoms with E-state index < -0.39 is 0 Å². The van der Waals surface area contributed by atoms with Gasteiger partial charge in [-0.25, -0.2) is 4.39 Å². The second kappa shape index (κ2) is 6.35. The van der Waals surface area contributed by atoms with Gasteiger partial charge in [-0.3, -0.25) is 0 Å². The van der Waals surface area contributed by atoms with E-state index in [2.05, 4.69) is 10.2 Å². The van der Waals surface area contributed by atoms with Crippen LogP contribution in [0.25, 0.3) is 0 Å². The van der Waals surface area contributed by atoms with Crippen molar-refractivity contribution in [3.05, 3.63) is 30.1 Å². The summed E-state index contributed by atoms with van der Waals surface area (Å²) in [6.07, 6.45) is 9.19. The van der Waals surface area contributed by atoms with Gasteiger partial charge in [0.1, 0.15) is 5.82 Å². The maximum Gasteiger partial charge on any atom is 0.146 e. The van der Waals surface area contributed by atoms with Crippen LogP contribution in [0, 0.1) is 11.2 Å². The first-order valence-electron chi connectivity index (χ1n) is 8.38. The lowest BCUT2D eigenvalue weighted by molar-refractivity contribution is 0.188. The van der Waals surface area contributed by atoms with Crippen LogP contribution in [-0.2, 0) is 0 Å². The molecule has 1 aromatic carbocycles. The molecule has 0 unspecified atom stereocenters. The van der Waals surface area contributed by atoms with Gasteiger partial charge in [-0.05, 0) is 37.8 Å². The van der Waals surface area contributed by atoms with Crippen LogP contribution < -0.4 is 10.2 Å². The molecule has 3 rings (SSSR count). The van der Waals surface area contributed by atoms with Gasteiger partial charge >= 0.3 is 0 Å². The Morgan fingerprint density at radius 2 is 1.90 bits per heavy atom. The minimum Gasteiger partial charge on any atom is -0.372 e. The highest BCUT2D eigenvalue weighted by molar-refractivity contribution is 5.47. The molecule has 3 heteroatoms. The fraction of sp³-hybridized carbons (Fsp3) is 0.667. The lowest BCUT2D eigenvalue weighted by atomic mass is 9.73. The van der Waals surface area contributed by atoms with Gasteiger partial charge in [0.05, 0.1) is 5.69 Å². The summed E-state index contributed by atoms with van der Waals surface area (Å²) in [5.41, 5.74) is 1.05. The Morgan fingerprint density at radius 1 is 1.19 bits per heavy atom. The van der Waals surface area contributed by atoms with E-state index in [1.54, 1.807) is 12.1 Å². The molecule has 0 aromatic heterocycles. The molecular weight excluding hydrogens is 263 g/mol. The molecule has 0 bridgehead atoms. The third-order valence-electron chi connectivity index (χ3n) is 5.09. The SMILES string of the molecule is CN(CC1(CNC2CC2)CCCCC1)c1ccccc1F. The van der Waals surface area contributed by atoms with E-state index in [0.717, 1.165) is 24.8 Å². The standard InChI is InChI=1S/C18H27FN2/c1-21(17-8-4-3-7-16(17)19)14-18(11-5-2-6-12-18)13-20-15-9-10-15/h3-4,7-8,15,20H,2,5-6,9-14H2,1H3. The smallest absolute Gasteiger partial charge is 0.146 e. The molecule has 0 heterocycles. The molecule has 0 saturated heterocycles. The Morgan fingerprint density at radius 3 is 2.57 bits per heavy atom. The number of benzene rings is 1. The van der Waals surface area contributed by atoms with Crippen molar-refractivity contribution < 1.29 is 4.39 Å². The fourth-order valence-electron chi connectivity index (χ4n) is 3.69. The van der Waals surface area contributed by atoms with E-state index in [-0.39, 0.29) is 5.82 Å². The molecule has 2 fully saturated rings. The summed E-state index contributed by atoms with van der Waals surface area (Å²) < 4.78 is 14.0. The monoisotopic (exact) mass is 290 g/mol. The Kier molecular flexibility index (Phi) is 4.48. The molecule has 0 spiro atoms. The Labute approximate surface area is 127 Å². The first kappa shape index (κ1) is 14.8. The Bertz CT molecular complexity index is 464. The Balaban J connectivity index is 1.69. The average molecular weight is 290 g/mol.